The number of carbonyl (C=O) groups is 1. The van der Waals surface area contributed by atoms with Crippen LogP contribution in [0.3, 0.4) is 0 Å². The van der Waals surface area contributed by atoms with Crippen molar-refractivity contribution in [2.45, 2.75) is 51.4 Å². The molecule has 0 radical (unpaired) electrons. The number of rotatable bonds is 2. The lowest BCUT2D eigenvalue weighted by Crippen LogP contribution is -2.39. The van der Waals surface area contributed by atoms with Gasteiger partial charge in [0.2, 0.25) is 0 Å². The Hall–Kier alpha value is -1.35. The zero-order chi connectivity index (χ0) is 16.2. The molecule has 1 spiro atoms. The third-order valence-electron chi connectivity index (χ3n) is 5.02. The van der Waals surface area contributed by atoms with Crippen molar-refractivity contribution in [2.24, 2.45) is 0 Å². The molecule has 0 aromatic heterocycles. The molecular weight excluding hydrogens is 274 g/mol. The fourth-order valence-corrected chi connectivity index (χ4v) is 3.87. The maximum Gasteiger partial charge on any atom is 0.313 e. The summed E-state index contributed by atoms with van der Waals surface area (Å²) in [4.78, 5) is 14.6. The van der Waals surface area contributed by atoms with Crippen molar-refractivity contribution in [3.8, 4) is 0 Å². The van der Waals surface area contributed by atoms with Crippen LogP contribution in [0.2, 0.25) is 0 Å². The second-order valence-electron chi connectivity index (χ2n) is 6.18. The van der Waals surface area contributed by atoms with E-state index in [0.29, 0.717) is 6.61 Å². The van der Waals surface area contributed by atoms with Crippen LogP contribution in [0.15, 0.2) is 24.3 Å². The van der Waals surface area contributed by atoms with Gasteiger partial charge in [0.25, 0.3) is 0 Å². The van der Waals surface area contributed by atoms with Gasteiger partial charge < -0.3 is 9.64 Å². The molecule has 3 heteroatoms. The maximum absolute atomic E-state index is 12.3. The number of fused-ring (bicyclic) bond motifs is 2. The Morgan fingerprint density at radius 3 is 2.55 bits per heavy atom. The molecule has 1 aromatic carbocycles. The first-order chi connectivity index (χ1) is 10.7. The van der Waals surface area contributed by atoms with Crippen molar-refractivity contribution in [3.63, 3.8) is 0 Å². The number of hydrogen-bond acceptors (Lipinski definition) is 3. The van der Waals surface area contributed by atoms with Crippen LogP contribution in [0.1, 0.15) is 57.1 Å². The van der Waals surface area contributed by atoms with Gasteiger partial charge in [-0.1, -0.05) is 38.1 Å². The van der Waals surface area contributed by atoms with Crippen LogP contribution >= 0.6 is 0 Å². The Morgan fingerprint density at radius 2 is 1.91 bits per heavy atom. The fraction of sp³-hybridized carbons (Fsp3) is 0.632. The number of benzene rings is 1. The highest BCUT2D eigenvalue weighted by atomic mass is 16.5. The van der Waals surface area contributed by atoms with Gasteiger partial charge in [-0.25, -0.2) is 0 Å². The Kier molecular flexibility index (Phi) is 5.63. The summed E-state index contributed by atoms with van der Waals surface area (Å²) in [5.41, 5.74) is 2.79. The Morgan fingerprint density at radius 1 is 1.27 bits per heavy atom. The second-order valence-corrected chi connectivity index (χ2v) is 6.18. The molecule has 1 saturated heterocycles. The quantitative estimate of drug-likeness (QED) is 0.780. The molecule has 1 aliphatic carbocycles. The Balaban J connectivity index is 0.000000847. The minimum absolute atomic E-state index is 0.0456. The lowest BCUT2D eigenvalue weighted by Gasteiger charge is -2.38. The van der Waals surface area contributed by atoms with Crippen molar-refractivity contribution >= 4 is 5.97 Å². The molecule has 1 atom stereocenters. The monoisotopic (exact) mass is 303 g/mol. The Labute approximate surface area is 134 Å². The van der Waals surface area contributed by atoms with Crippen LogP contribution in [0.4, 0.5) is 0 Å². The molecule has 1 unspecified atom stereocenters. The number of ether oxygens (including phenoxy) is 1. The van der Waals surface area contributed by atoms with Crippen LogP contribution in [-0.4, -0.2) is 37.6 Å². The molecule has 1 aliphatic heterocycles. The molecule has 0 amide bonds. The third kappa shape index (κ3) is 3.05. The minimum atomic E-state index is -0.0606. The van der Waals surface area contributed by atoms with Gasteiger partial charge in [0, 0.05) is 0 Å². The average molecular weight is 303 g/mol. The lowest BCUT2D eigenvalue weighted by atomic mass is 9.73. The highest BCUT2D eigenvalue weighted by Crippen LogP contribution is 2.51. The van der Waals surface area contributed by atoms with Gasteiger partial charge in [0.05, 0.1) is 12.5 Å². The zero-order valence-electron chi connectivity index (χ0n) is 14.4. The van der Waals surface area contributed by atoms with Crippen LogP contribution in [0.5, 0.6) is 0 Å². The predicted octanol–water partition coefficient (Wildman–Crippen LogP) is 3.73. The van der Waals surface area contributed by atoms with E-state index in [-0.39, 0.29) is 17.3 Å². The van der Waals surface area contributed by atoms with Crippen molar-refractivity contribution in [1.29, 1.82) is 0 Å². The van der Waals surface area contributed by atoms with E-state index in [2.05, 4.69) is 30.1 Å². The molecule has 3 nitrogen and oxygen atoms in total. The molecule has 0 bridgehead atoms. The molecule has 1 heterocycles. The molecule has 3 rings (SSSR count). The van der Waals surface area contributed by atoms with Crippen LogP contribution in [0, 0.1) is 0 Å². The van der Waals surface area contributed by atoms with E-state index in [1.165, 1.54) is 11.1 Å². The van der Waals surface area contributed by atoms with Crippen LogP contribution in [-0.2, 0) is 14.9 Å². The first kappa shape index (κ1) is 17.0. The molecule has 2 aliphatic rings. The normalized spacial score (nSPS) is 22.6. The van der Waals surface area contributed by atoms with Crippen LogP contribution in [0.25, 0.3) is 0 Å². The van der Waals surface area contributed by atoms with E-state index < -0.39 is 0 Å². The summed E-state index contributed by atoms with van der Waals surface area (Å²) < 4.78 is 5.29. The summed E-state index contributed by atoms with van der Waals surface area (Å²) >= 11 is 0. The average Bonchev–Trinajstić information content (AvgIpc) is 2.88. The zero-order valence-corrected chi connectivity index (χ0v) is 14.4. The molecule has 0 saturated carbocycles. The van der Waals surface area contributed by atoms with Gasteiger partial charge in [0.1, 0.15) is 0 Å². The van der Waals surface area contributed by atoms with E-state index in [9.17, 15) is 4.79 Å². The second kappa shape index (κ2) is 7.28. The highest BCUT2D eigenvalue weighted by molar-refractivity contribution is 5.80. The summed E-state index contributed by atoms with van der Waals surface area (Å²) in [6.45, 7) is 8.57. The first-order valence-corrected chi connectivity index (χ1v) is 8.61. The van der Waals surface area contributed by atoms with Gasteiger partial charge in [-0.05, 0) is 62.9 Å². The predicted molar refractivity (Wildman–Crippen MR) is 90.2 cm³/mol. The van der Waals surface area contributed by atoms with Gasteiger partial charge in [-0.15, -0.1) is 0 Å². The van der Waals surface area contributed by atoms with E-state index >= 15 is 0 Å². The summed E-state index contributed by atoms with van der Waals surface area (Å²) in [6, 6.07) is 8.48. The van der Waals surface area contributed by atoms with E-state index in [1.54, 1.807) is 0 Å². The molecule has 1 fully saturated rings. The minimum Gasteiger partial charge on any atom is -0.466 e. The van der Waals surface area contributed by atoms with Crippen molar-refractivity contribution in [3.05, 3.63) is 35.4 Å². The van der Waals surface area contributed by atoms with Crippen molar-refractivity contribution in [2.75, 3.05) is 26.7 Å². The molecule has 122 valence electrons. The molecular formula is C19H29NO2. The van der Waals surface area contributed by atoms with E-state index in [4.69, 9.17) is 4.74 Å². The van der Waals surface area contributed by atoms with Gasteiger partial charge in [0.15, 0.2) is 0 Å². The van der Waals surface area contributed by atoms with Gasteiger partial charge >= 0.3 is 5.97 Å². The number of esters is 1. The largest absolute Gasteiger partial charge is 0.466 e. The number of nitrogens with zero attached hydrogens (tertiary/aromatic N) is 1. The smallest absolute Gasteiger partial charge is 0.313 e. The summed E-state index contributed by atoms with van der Waals surface area (Å²) in [7, 11) is 2.18. The number of carbonyl (C=O) groups excluding carboxylic acids is 1. The third-order valence-corrected chi connectivity index (χ3v) is 5.02. The van der Waals surface area contributed by atoms with Crippen molar-refractivity contribution in [1.82, 2.24) is 4.90 Å². The highest BCUT2D eigenvalue weighted by Gasteiger charge is 2.47. The summed E-state index contributed by atoms with van der Waals surface area (Å²) in [5, 5.41) is 0. The number of likely N-dealkylation sites (tertiary alicyclic amines) is 1. The first-order valence-electron chi connectivity index (χ1n) is 8.61. The SMILES string of the molecule is CC.CCOC(=O)C1CC2(CCN(C)CC2)c2ccccc21. The van der Waals surface area contributed by atoms with E-state index in [0.717, 1.165) is 32.4 Å². The van der Waals surface area contributed by atoms with Gasteiger partial charge in [-0.2, -0.15) is 0 Å². The van der Waals surface area contributed by atoms with Gasteiger partial charge in [-0.3, -0.25) is 4.79 Å². The molecule has 22 heavy (non-hydrogen) atoms. The number of hydrogen-bond donors (Lipinski definition) is 0. The summed E-state index contributed by atoms with van der Waals surface area (Å²) in [6.07, 6.45) is 3.23. The van der Waals surface area contributed by atoms with Crippen molar-refractivity contribution < 1.29 is 9.53 Å². The maximum atomic E-state index is 12.3. The fourth-order valence-electron chi connectivity index (χ4n) is 3.87. The Bertz CT molecular complexity index is 504. The lowest BCUT2D eigenvalue weighted by molar-refractivity contribution is -0.145. The topological polar surface area (TPSA) is 29.5 Å². The standard InChI is InChI=1S/C17H23NO2.C2H6/c1-3-20-16(19)14-12-17(8-10-18(2)11-9-17)15-7-5-4-6-13(14)15;1-2/h4-7,14H,3,8-12H2,1-2H3;1-2H3. The number of piperidine rings is 1. The van der Waals surface area contributed by atoms with E-state index in [1.807, 2.05) is 26.8 Å². The molecule has 1 aromatic rings. The van der Waals surface area contributed by atoms with Crippen LogP contribution < -0.4 is 0 Å². The summed E-state index contributed by atoms with van der Waals surface area (Å²) in [5.74, 6) is -0.106. The molecule has 0 N–H and O–H groups in total.